The lowest BCUT2D eigenvalue weighted by atomic mass is 10.2. The highest BCUT2D eigenvalue weighted by molar-refractivity contribution is 5.75. The Hall–Kier alpha value is -1.38. The fraction of sp³-hybridized carbons (Fsp3) is 0.462. The second kappa shape index (κ2) is 6.99. The first-order valence-corrected chi connectivity index (χ1v) is 5.63. The van der Waals surface area contributed by atoms with Crippen molar-refractivity contribution in [2.45, 2.75) is 38.9 Å². The lowest BCUT2D eigenvalue weighted by Gasteiger charge is -2.05. The van der Waals surface area contributed by atoms with Crippen molar-refractivity contribution in [1.82, 2.24) is 5.32 Å². The van der Waals surface area contributed by atoms with Crippen LogP contribution in [0.5, 0.6) is 0 Å². The molecule has 1 aromatic rings. The summed E-state index contributed by atoms with van der Waals surface area (Å²) >= 11 is 0. The molecule has 88 valence electrons. The summed E-state index contributed by atoms with van der Waals surface area (Å²) in [6.45, 7) is 2.06. The minimum Gasteiger partial charge on any atom is -0.352 e. The maximum absolute atomic E-state index is 12.5. The summed E-state index contributed by atoms with van der Waals surface area (Å²) in [4.78, 5) is 11.4. The van der Waals surface area contributed by atoms with Gasteiger partial charge in [0.2, 0.25) is 5.91 Å². The molecule has 0 aliphatic heterocycles. The monoisotopic (exact) mass is 223 g/mol. The first kappa shape index (κ1) is 12.7. The molecule has 0 saturated heterocycles. The smallest absolute Gasteiger partial charge is 0.220 e. The van der Waals surface area contributed by atoms with Crippen molar-refractivity contribution < 1.29 is 9.18 Å². The summed E-state index contributed by atoms with van der Waals surface area (Å²) in [6, 6.07) is 9.74. The Morgan fingerprint density at radius 1 is 1.38 bits per heavy atom. The first-order chi connectivity index (χ1) is 7.68. The van der Waals surface area contributed by atoms with Gasteiger partial charge in [0.1, 0.15) is 0 Å². The van der Waals surface area contributed by atoms with Crippen molar-refractivity contribution in [3.63, 3.8) is 0 Å². The molecule has 1 N–H and O–H groups in total. The van der Waals surface area contributed by atoms with Crippen molar-refractivity contribution in [3.8, 4) is 0 Å². The number of nitrogens with one attached hydrogen (secondary N) is 1. The molecule has 0 spiro atoms. The van der Waals surface area contributed by atoms with Gasteiger partial charge in [-0.25, -0.2) is 4.39 Å². The number of hydrogen-bond acceptors (Lipinski definition) is 1. The van der Waals surface area contributed by atoms with E-state index < -0.39 is 6.17 Å². The van der Waals surface area contributed by atoms with Gasteiger partial charge in [-0.3, -0.25) is 4.79 Å². The van der Waals surface area contributed by atoms with Crippen LogP contribution in [-0.2, 0) is 11.3 Å². The van der Waals surface area contributed by atoms with Gasteiger partial charge in [0.05, 0.1) is 6.17 Å². The van der Waals surface area contributed by atoms with E-state index in [1.807, 2.05) is 30.3 Å². The Bertz CT molecular complexity index is 311. The van der Waals surface area contributed by atoms with Gasteiger partial charge < -0.3 is 5.32 Å². The molecule has 0 aliphatic rings. The van der Waals surface area contributed by atoms with Crippen LogP contribution in [0.4, 0.5) is 4.39 Å². The van der Waals surface area contributed by atoms with Gasteiger partial charge in [0.25, 0.3) is 0 Å². The predicted octanol–water partition coefficient (Wildman–Crippen LogP) is 2.83. The number of hydrogen-bond donors (Lipinski definition) is 1. The minimum absolute atomic E-state index is 0.00972. The Kier molecular flexibility index (Phi) is 5.54. The summed E-state index contributed by atoms with van der Waals surface area (Å²) in [6.07, 6.45) is 0.653. The number of carbonyl (C=O) groups is 1. The molecule has 0 bridgehead atoms. The van der Waals surface area contributed by atoms with E-state index in [0.29, 0.717) is 25.8 Å². The number of halogens is 1. The summed E-state index contributed by atoms with van der Waals surface area (Å²) in [7, 11) is 0. The Balaban J connectivity index is 2.16. The van der Waals surface area contributed by atoms with Crippen LogP contribution in [0.15, 0.2) is 30.3 Å². The van der Waals surface area contributed by atoms with E-state index in [0.717, 1.165) is 5.56 Å². The zero-order valence-electron chi connectivity index (χ0n) is 9.58. The van der Waals surface area contributed by atoms with Crippen LogP contribution in [0.3, 0.4) is 0 Å². The molecule has 1 amide bonds. The summed E-state index contributed by atoms with van der Waals surface area (Å²) < 4.78 is 12.5. The Morgan fingerprint density at radius 2 is 2.06 bits per heavy atom. The van der Waals surface area contributed by atoms with Crippen LogP contribution in [0.1, 0.15) is 31.7 Å². The third kappa shape index (κ3) is 5.49. The van der Waals surface area contributed by atoms with Gasteiger partial charge in [0, 0.05) is 13.0 Å². The van der Waals surface area contributed by atoms with Crippen LogP contribution >= 0.6 is 0 Å². The lowest BCUT2D eigenvalue weighted by molar-refractivity contribution is -0.121. The molecule has 2 nitrogen and oxygen atoms in total. The molecule has 3 heteroatoms. The zero-order valence-corrected chi connectivity index (χ0v) is 9.58. The molecule has 0 aromatic heterocycles. The van der Waals surface area contributed by atoms with E-state index in [9.17, 15) is 9.18 Å². The predicted molar refractivity (Wildman–Crippen MR) is 62.7 cm³/mol. The van der Waals surface area contributed by atoms with E-state index in [1.54, 1.807) is 0 Å². The van der Waals surface area contributed by atoms with Crippen molar-refractivity contribution in [1.29, 1.82) is 0 Å². The lowest BCUT2D eigenvalue weighted by Crippen LogP contribution is -2.22. The van der Waals surface area contributed by atoms with E-state index >= 15 is 0 Å². The average Bonchev–Trinajstić information content (AvgIpc) is 2.27. The number of alkyl halides is 1. The number of rotatable bonds is 6. The van der Waals surface area contributed by atoms with Crippen LogP contribution in [0, 0.1) is 0 Å². The molecular weight excluding hydrogens is 205 g/mol. The second-order valence-corrected chi connectivity index (χ2v) is 3.94. The number of amides is 1. The summed E-state index contributed by atoms with van der Waals surface area (Å²) in [5, 5.41) is 2.81. The molecule has 0 aliphatic carbocycles. The van der Waals surface area contributed by atoms with Crippen LogP contribution < -0.4 is 5.32 Å². The largest absolute Gasteiger partial charge is 0.352 e. The van der Waals surface area contributed by atoms with Gasteiger partial charge in [-0.05, 0) is 25.3 Å². The van der Waals surface area contributed by atoms with Crippen molar-refractivity contribution >= 4 is 5.91 Å². The number of benzene rings is 1. The third-order valence-electron chi connectivity index (χ3n) is 2.34. The fourth-order valence-electron chi connectivity index (χ4n) is 1.43. The van der Waals surface area contributed by atoms with Crippen LogP contribution in [0.25, 0.3) is 0 Å². The Morgan fingerprint density at radius 3 is 2.69 bits per heavy atom. The minimum atomic E-state index is -0.818. The van der Waals surface area contributed by atoms with E-state index in [2.05, 4.69) is 5.32 Å². The molecule has 1 rings (SSSR count). The second-order valence-electron chi connectivity index (χ2n) is 3.94. The molecule has 0 heterocycles. The number of carbonyl (C=O) groups excluding carboxylic acids is 1. The molecule has 1 aromatic carbocycles. The van der Waals surface area contributed by atoms with E-state index in [1.165, 1.54) is 6.92 Å². The molecule has 0 saturated carbocycles. The van der Waals surface area contributed by atoms with Crippen molar-refractivity contribution in [2.75, 3.05) is 0 Å². The molecule has 1 atom stereocenters. The van der Waals surface area contributed by atoms with Gasteiger partial charge in [-0.15, -0.1) is 0 Å². The van der Waals surface area contributed by atoms with Crippen LogP contribution in [0.2, 0.25) is 0 Å². The highest BCUT2D eigenvalue weighted by Gasteiger charge is 2.03. The zero-order chi connectivity index (χ0) is 11.8. The fourth-order valence-corrected chi connectivity index (χ4v) is 1.43. The third-order valence-corrected chi connectivity index (χ3v) is 2.34. The molecule has 0 radical (unpaired) electrons. The quantitative estimate of drug-likeness (QED) is 0.789. The van der Waals surface area contributed by atoms with Gasteiger partial charge in [-0.1, -0.05) is 30.3 Å². The summed E-state index contributed by atoms with van der Waals surface area (Å²) in [5.41, 5.74) is 1.08. The van der Waals surface area contributed by atoms with Crippen LogP contribution in [-0.4, -0.2) is 12.1 Å². The molecule has 16 heavy (non-hydrogen) atoms. The first-order valence-electron chi connectivity index (χ1n) is 5.63. The van der Waals surface area contributed by atoms with E-state index in [-0.39, 0.29) is 5.91 Å². The van der Waals surface area contributed by atoms with Gasteiger partial charge in [0.15, 0.2) is 0 Å². The molecule has 1 unspecified atom stereocenters. The highest BCUT2D eigenvalue weighted by Crippen LogP contribution is 2.04. The standard InChI is InChI=1S/C13H18FNO/c1-11(14)6-5-9-13(16)15-10-12-7-3-2-4-8-12/h2-4,7-8,11H,5-6,9-10H2,1H3,(H,15,16). The summed E-state index contributed by atoms with van der Waals surface area (Å²) in [5.74, 6) is -0.00972. The molecular formula is C13H18FNO. The normalized spacial score (nSPS) is 12.1. The Labute approximate surface area is 95.9 Å². The average molecular weight is 223 g/mol. The van der Waals surface area contributed by atoms with E-state index in [4.69, 9.17) is 0 Å². The van der Waals surface area contributed by atoms with Gasteiger partial charge >= 0.3 is 0 Å². The topological polar surface area (TPSA) is 29.1 Å². The van der Waals surface area contributed by atoms with Crippen molar-refractivity contribution in [2.24, 2.45) is 0 Å². The van der Waals surface area contributed by atoms with Gasteiger partial charge in [-0.2, -0.15) is 0 Å². The van der Waals surface area contributed by atoms with Crippen molar-refractivity contribution in [3.05, 3.63) is 35.9 Å². The maximum Gasteiger partial charge on any atom is 0.220 e. The SMILES string of the molecule is CC(F)CCCC(=O)NCc1ccccc1. The highest BCUT2D eigenvalue weighted by atomic mass is 19.1. The maximum atomic E-state index is 12.5. The molecule has 0 fully saturated rings.